The fraction of sp³-hybridized carbons (Fsp3) is 0.444. The third-order valence-electron chi connectivity index (χ3n) is 2.45. The summed E-state index contributed by atoms with van der Waals surface area (Å²) in [7, 11) is -4.29. The number of nitrogens with one attached hydrogen (secondary N) is 1. The Hall–Kier alpha value is -1.58. The average molecular weight is 303 g/mol. The van der Waals surface area contributed by atoms with Crippen LogP contribution in [-0.2, 0) is 15.7 Å². The number of ether oxygens (including phenoxy) is 1. The number of aromatic amines is 1. The van der Waals surface area contributed by atoms with Crippen LogP contribution in [0.2, 0.25) is 0 Å². The van der Waals surface area contributed by atoms with Crippen molar-refractivity contribution in [3.63, 3.8) is 0 Å². The molecule has 110 valence electrons. The largest absolute Gasteiger partial charge is 0.394 e. The van der Waals surface area contributed by atoms with Crippen molar-refractivity contribution in [1.29, 1.82) is 0 Å². The topological polar surface area (TPSA) is 167 Å². The number of hydrogen-bond donors (Lipinski definition) is 5. The minimum Gasteiger partial charge on any atom is -0.394 e. The van der Waals surface area contributed by atoms with Gasteiger partial charge in [0.15, 0.2) is 11.5 Å². The Morgan fingerprint density at radius 3 is 2.85 bits per heavy atom. The molecule has 0 aliphatic carbocycles. The molecule has 0 saturated heterocycles. The van der Waals surface area contributed by atoms with Crippen LogP contribution in [0.25, 0.3) is 11.2 Å². The van der Waals surface area contributed by atoms with Crippen molar-refractivity contribution in [1.82, 2.24) is 19.9 Å². The zero-order valence-corrected chi connectivity index (χ0v) is 11.2. The van der Waals surface area contributed by atoms with Crippen molar-refractivity contribution in [3.8, 4) is 0 Å². The second kappa shape index (κ2) is 5.81. The van der Waals surface area contributed by atoms with Gasteiger partial charge in [0.05, 0.1) is 19.0 Å². The highest BCUT2D eigenvalue weighted by atomic mass is 31.2. The van der Waals surface area contributed by atoms with Crippen LogP contribution in [0.15, 0.2) is 6.33 Å². The van der Waals surface area contributed by atoms with Crippen LogP contribution in [-0.4, -0.2) is 53.9 Å². The summed E-state index contributed by atoms with van der Waals surface area (Å²) >= 11 is 0. The summed E-state index contributed by atoms with van der Waals surface area (Å²) in [5.74, 6) is 0.473. The smallest absolute Gasteiger partial charge is 0.350 e. The fourth-order valence-electron chi connectivity index (χ4n) is 1.58. The molecule has 2 aromatic heterocycles. The molecule has 10 nitrogen and oxygen atoms in total. The number of imidazole rings is 1. The van der Waals surface area contributed by atoms with E-state index in [0.29, 0.717) is 11.2 Å². The first-order chi connectivity index (χ1) is 9.39. The molecule has 0 aromatic carbocycles. The number of H-pyrrole nitrogens is 1. The number of nitrogens with two attached hydrogens (primary N) is 1. The van der Waals surface area contributed by atoms with E-state index in [0.717, 1.165) is 0 Å². The highest BCUT2D eigenvalue weighted by Gasteiger charge is 2.19. The Bertz CT molecular complexity index is 641. The average Bonchev–Trinajstić information content (AvgIpc) is 2.82. The zero-order valence-electron chi connectivity index (χ0n) is 10.3. The Balaban J connectivity index is 2.11. The molecule has 0 amide bonds. The Morgan fingerprint density at radius 1 is 1.45 bits per heavy atom. The van der Waals surface area contributed by atoms with E-state index in [-0.39, 0.29) is 18.1 Å². The first-order valence-corrected chi connectivity index (χ1v) is 7.41. The molecule has 0 spiro atoms. The summed E-state index contributed by atoms with van der Waals surface area (Å²) in [6.07, 6.45) is -0.131. The van der Waals surface area contributed by atoms with E-state index in [9.17, 15) is 4.57 Å². The van der Waals surface area contributed by atoms with Gasteiger partial charge in [0.25, 0.3) is 0 Å². The van der Waals surface area contributed by atoms with E-state index < -0.39 is 26.7 Å². The maximum absolute atomic E-state index is 10.7. The van der Waals surface area contributed by atoms with Crippen LogP contribution in [0.3, 0.4) is 0 Å². The summed E-state index contributed by atoms with van der Waals surface area (Å²) < 4.78 is 15.7. The van der Waals surface area contributed by atoms with Gasteiger partial charge in [-0.15, -0.1) is 0 Å². The maximum Gasteiger partial charge on any atom is 0.350 e. The quantitative estimate of drug-likeness (QED) is 0.420. The van der Waals surface area contributed by atoms with Crippen molar-refractivity contribution in [2.75, 3.05) is 18.7 Å². The molecule has 2 aromatic rings. The minimum absolute atomic E-state index is 0.0590. The molecule has 0 bridgehead atoms. The lowest BCUT2D eigenvalue weighted by molar-refractivity contribution is 0.0296. The van der Waals surface area contributed by atoms with Gasteiger partial charge in [-0.3, -0.25) is 4.57 Å². The van der Waals surface area contributed by atoms with Gasteiger partial charge in [-0.25, -0.2) is 15.0 Å². The summed E-state index contributed by atoms with van der Waals surface area (Å²) in [6.45, 7) is -0.429. The van der Waals surface area contributed by atoms with Crippen LogP contribution in [0.5, 0.6) is 0 Å². The normalized spacial score (nSPS) is 13.8. The van der Waals surface area contributed by atoms with E-state index in [1.165, 1.54) is 6.33 Å². The van der Waals surface area contributed by atoms with Crippen molar-refractivity contribution in [3.05, 3.63) is 12.2 Å². The molecular formula is C9H14N5O5P. The standard InChI is InChI=1S/C9H14N5O5P/c10-8-7-9(12-3-11-7)14-6(13-8)1-5(2-15)19-4-20(16,17)18/h3,5,15H,1-2,4H2,(H2,16,17,18)(H3,10,11,12,13,14)/t5-/m0/s1. The lowest BCUT2D eigenvalue weighted by Gasteiger charge is -2.15. The summed E-state index contributed by atoms with van der Waals surface area (Å²) in [6, 6.07) is 0. The zero-order chi connectivity index (χ0) is 14.8. The monoisotopic (exact) mass is 303 g/mol. The maximum atomic E-state index is 10.7. The molecule has 2 rings (SSSR count). The molecule has 0 aliphatic heterocycles. The number of nitrogen functional groups attached to an aromatic ring is 1. The number of hydrogen-bond acceptors (Lipinski definition) is 7. The summed E-state index contributed by atoms with van der Waals surface area (Å²) in [5.41, 5.74) is 6.59. The summed E-state index contributed by atoms with van der Waals surface area (Å²) in [4.78, 5) is 32.3. The van der Waals surface area contributed by atoms with Gasteiger partial charge in [-0.2, -0.15) is 0 Å². The van der Waals surface area contributed by atoms with E-state index in [1.54, 1.807) is 0 Å². The lowest BCUT2D eigenvalue weighted by Crippen LogP contribution is -2.22. The lowest BCUT2D eigenvalue weighted by atomic mass is 10.2. The Morgan fingerprint density at radius 2 is 2.20 bits per heavy atom. The number of aliphatic hydroxyl groups excluding tert-OH is 1. The van der Waals surface area contributed by atoms with Crippen molar-refractivity contribution in [2.45, 2.75) is 12.5 Å². The van der Waals surface area contributed by atoms with Crippen molar-refractivity contribution >= 4 is 24.6 Å². The number of fused-ring (bicyclic) bond motifs is 1. The molecule has 0 saturated carbocycles. The number of nitrogens with zero attached hydrogens (tertiary/aromatic N) is 3. The van der Waals surface area contributed by atoms with E-state index in [4.69, 9.17) is 25.4 Å². The predicted octanol–water partition coefficient (Wildman–Crippen LogP) is -1.01. The van der Waals surface area contributed by atoms with Gasteiger partial charge >= 0.3 is 7.60 Å². The van der Waals surface area contributed by atoms with Gasteiger partial charge in [0, 0.05) is 6.42 Å². The van der Waals surface area contributed by atoms with Crippen LogP contribution < -0.4 is 5.73 Å². The van der Waals surface area contributed by atoms with Gasteiger partial charge in [-0.05, 0) is 0 Å². The third kappa shape index (κ3) is 3.71. The molecule has 0 unspecified atom stereocenters. The van der Waals surface area contributed by atoms with Crippen molar-refractivity contribution < 1.29 is 24.2 Å². The molecule has 1 atom stereocenters. The molecule has 20 heavy (non-hydrogen) atoms. The van der Waals surface area contributed by atoms with Crippen LogP contribution >= 0.6 is 7.60 Å². The number of anilines is 1. The molecule has 0 radical (unpaired) electrons. The van der Waals surface area contributed by atoms with Gasteiger partial charge in [-0.1, -0.05) is 0 Å². The number of aliphatic hydroxyl groups is 1. The molecule has 2 heterocycles. The highest BCUT2D eigenvalue weighted by molar-refractivity contribution is 7.51. The minimum atomic E-state index is -4.29. The predicted molar refractivity (Wildman–Crippen MR) is 68.7 cm³/mol. The molecule has 0 fully saturated rings. The third-order valence-corrected chi connectivity index (χ3v) is 2.94. The van der Waals surface area contributed by atoms with Crippen LogP contribution in [0.4, 0.5) is 5.82 Å². The van der Waals surface area contributed by atoms with Crippen LogP contribution in [0, 0.1) is 0 Å². The SMILES string of the molecule is Nc1nc(C[C@@H](CO)OCP(=O)(O)O)nc2nc[nH]c12. The van der Waals surface area contributed by atoms with E-state index in [2.05, 4.69) is 19.9 Å². The van der Waals surface area contributed by atoms with E-state index >= 15 is 0 Å². The van der Waals surface area contributed by atoms with Gasteiger partial charge < -0.3 is 30.3 Å². The van der Waals surface area contributed by atoms with Crippen LogP contribution in [0.1, 0.15) is 5.82 Å². The van der Waals surface area contributed by atoms with E-state index in [1.807, 2.05) is 0 Å². The molecule has 0 aliphatic rings. The number of rotatable bonds is 6. The second-order valence-corrected chi connectivity index (χ2v) is 5.68. The van der Waals surface area contributed by atoms with Crippen molar-refractivity contribution in [2.24, 2.45) is 0 Å². The second-order valence-electron chi connectivity index (χ2n) is 4.10. The van der Waals surface area contributed by atoms with Gasteiger partial charge in [0.2, 0.25) is 0 Å². The van der Waals surface area contributed by atoms with Gasteiger partial charge in [0.1, 0.15) is 17.7 Å². The Labute approximate surface area is 113 Å². The number of aromatic nitrogens is 4. The highest BCUT2D eigenvalue weighted by Crippen LogP contribution is 2.34. The summed E-state index contributed by atoms with van der Waals surface area (Å²) in [5, 5.41) is 9.14. The molecular weight excluding hydrogens is 289 g/mol. The molecule has 6 N–H and O–H groups in total. The Kier molecular flexibility index (Phi) is 4.31. The molecule has 11 heteroatoms. The fourth-order valence-corrected chi connectivity index (χ4v) is 1.98. The first kappa shape index (κ1) is 14.8. The first-order valence-electron chi connectivity index (χ1n) is 5.61.